The summed E-state index contributed by atoms with van der Waals surface area (Å²) in [5, 5.41) is 0. The molecular weight excluding hydrogens is 116 g/mol. The van der Waals surface area contributed by atoms with E-state index in [1.807, 2.05) is 28.2 Å². The minimum atomic E-state index is -0.833. The average molecular weight is 132 g/mol. The standard InChI is InChI=1S/C5H16N4/c1-8(2)5(6,7)9(3)4/h6-7H2,1-4H3. The third kappa shape index (κ3) is 1.91. The number of nitrogens with two attached hydrogens (primary N) is 2. The van der Waals surface area contributed by atoms with Gasteiger partial charge >= 0.3 is 0 Å². The summed E-state index contributed by atoms with van der Waals surface area (Å²) in [6, 6.07) is 0. The van der Waals surface area contributed by atoms with Gasteiger partial charge in [0.2, 0.25) is 0 Å². The molecule has 0 fully saturated rings. The van der Waals surface area contributed by atoms with Gasteiger partial charge in [-0.2, -0.15) is 0 Å². The van der Waals surface area contributed by atoms with Gasteiger partial charge in [-0.05, 0) is 28.2 Å². The Hall–Kier alpha value is -0.160. The van der Waals surface area contributed by atoms with E-state index in [1.54, 1.807) is 9.80 Å². The predicted molar refractivity (Wildman–Crippen MR) is 38.5 cm³/mol. The highest BCUT2D eigenvalue weighted by Gasteiger charge is 2.23. The van der Waals surface area contributed by atoms with Gasteiger partial charge in [0, 0.05) is 0 Å². The molecule has 0 aromatic carbocycles. The number of hydrogen-bond donors (Lipinski definition) is 2. The molecule has 0 aliphatic heterocycles. The maximum absolute atomic E-state index is 5.63. The SMILES string of the molecule is CN(C)C(N)(N)N(C)C. The zero-order chi connectivity index (χ0) is 7.65. The molecule has 0 aliphatic carbocycles. The molecule has 0 bridgehead atoms. The van der Waals surface area contributed by atoms with E-state index in [-0.39, 0.29) is 0 Å². The molecule has 0 heterocycles. The summed E-state index contributed by atoms with van der Waals surface area (Å²) in [5.41, 5.74) is 11.3. The third-order valence-corrected chi connectivity index (χ3v) is 1.43. The first-order chi connectivity index (χ1) is 3.89. The molecule has 0 saturated carbocycles. The molecule has 0 aromatic rings. The van der Waals surface area contributed by atoms with Crippen LogP contribution < -0.4 is 11.5 Å². The zero-order valence-electron chi connectivity index (χ0n) is 6.55. The molecular formula is C5H16N4. The topological polar surface area (TPSA) is 58.5 Å². The molecule has 0 amide bonds. The summed E-state index contributed by atoms with van der Waals surface area (Å²) in [6.07, 6.45) is 0. The van der Waals surface area contributed by atoms with Crippen molar-refractivity contribution in [1.29, 1.82) is 0 Å². The number of hydrogen-bond acceptors (Lipinski definition) is 4. The van der Waals surface area contributed by atoms with Gasteiger partial charge in [0.1, 0.15) is 0 Å². The third-order valence-electron chi connectivity index (χ3n) is 1.43. The quantitative estimate of drug-likeness (QED) is 0.456. The van der Waals surface area contributed by atoms with Crippen molar-refractivity contribution in [2.24, 2.45) is 11.5 Å². The fourth-order valence-electron chi connectivity index (χ4n) is 0.400. The van der Waals surface area contributed by atoms with Crippen LogP contribution in [-0.2, 0) is 0 Å². The summed E-state index contributed by atoms with van der Waals surface area (Å²) >= 11 is 0. The maximum atomic E-state index is 5.63. The van der Waals surface area contributed by atoms with Gasteiger partial charge in [0.25, 0.3) is 0 Å². The lowest BCUT2D eigenvalue weighted by molar-refractivity contribution is 0.0154. The monoisotopic (exact) mass is 132 g/mol. The fourth-order valence-corrected chi connectivity index (χ4v) is 0.400. The van der Waals surface area contributed by atoms with Crippen molar-refractivity contribution in [3.8, 4) is 0 Å². The molecule has 0 radical (unpaired) electrons. The van der Waals surface area contributed by atoms with Crippen LogP contribution in [0, 0.1) is 0 Å². The summed E-state index contributed by atoms with van der Waals surface area (Å²) < 4.78 is 0. The first-order valence-electron chi connectivity index (χ1n) is 2.81. The van der Waals surface area contributed by atoms with Crippen LogP contribution in [-0.4, -0.2) is 43.9 Å². The molecule has 0 saturated heterocycles. The Bertz CT molecular complexity index is 77.0. The largest absolute Gasteiger partial charge is 0.288 e. The van der Waals surface area contributed by atoms with Gasteiger partial charge in [0.15, 0.2) is 5.91 Å². The molecule has 0 rings (SSSR count). The normalized spacial score (nSPS) is 13.3. The molecule has 4 nitrogen and oxygen atoms in total. The first-order valence-corrected chi connectivity index (χ1v) is 2.81. The van der Waals surface area contributed by atoms with E-state index in [4.69, 9.17) is 11.5 Å². The second-order valence-corrected chi connectivity index (χ2v) is 2.57. The smallest absolute Gasteiger partial charge is 0.180 e. The van der Waals surface area contributed by atoms with E-state index in [9.17, 15) is 0 Å². The highest BCUT2D eigenvalue weighted by atomic mass is 15.5. The van der Waals surface area contributed by atoms with E-state index in [1.165, 1.54) is 0 Å². The molecule has 4 heteroatoms. The van der Waals surface area contributed by atoms with Crippen LogP contribution in [0.2, 0.25) is 0 Å². The van der Waals surface area contributed by atoms with E-state index in [2.05, 4.69) is 0 Å². The average Bonchev–Trinajstić information content (AvgIpc) is 1.65. The Morgan fingerprint density at radius 1 is 0.889 bits per heavy atom. The van der Waals surface area contributed by atoms with Gasteiger partial charge in [-0.25, -0.2) is 0 Å². The molecule has 0 aliphatic rings. The van der Waals surface area contributed by atoms with Crippen LogP contribution in [0.15, 0.2) is 0 Å². The van der Waals surface area contributed by atoms with Crippen LogP contribution in [0.25, 0.3) is 0 Å². The van der Waals surface area contributed by atoms with Crippen molar-refractivity contribution in [2.45, 2.75) is 5.91 Å². The maximum Gasteiger partial charge on any atom is 0.180 e. The highest BCUT2D eigenvalue weighted by molar-refractivity contribution is 4.68. The van der Waals surface area contributed by atoms with Gasteiger partial charge < -0.3 is 0 Å². The Morgan fingerprint density at radius 3 is 1.11 bits per heavy atom. The van der Waals surface area contributed by atoms with E-state index in [0.29, 0.717) is 0 Å². The van der Waals surface area contributed by atoms with Crippen LogP contribution in [0.1, 0.15) is 0 Å². The Morgan fingerprint density at radius 2 is 1.11 bits per heavy atom. The van der Waals surface area contributed by atoms with Crippen molar-refractivity contribution < 1.29 is 0 Å². The van der Waals surface area contributed by atoms with Crippen LogP contribution in [0.5, 0.6) is 0 Å². The molecule has 0 spiro atoms. The van der Waals surface area contributed by atoms with Crippen LogP contribution in [0.4, 0.5) is 0 Å². The summed E-state index contributed by atoms with van der Waals surface area (Å²) in [5.74, 6) is -0.833. The van der Waals surface area contributed by atoms with Crippen molar-refractivity contribution in [3.63, 3.8) is 0 Å². The molecule has 9 heavy (non-hydrogen) atoms. The number of rotatable bonds is 2. The van der Waals surface area contributed by atoms with E-state index >= 15 is 0 Å². The van der Waals surface area contributed by atoms with Crippen molar-refractivity contribution in [1.82, 2.24) is 9.80 Å². The summed E-state index contributed by atoms with van der Waals surface area (Å²) in [6.45, 7) is 0. The Balaban J connectivity index is 4.01. The predicted octanol–water partition coefficient (Wildman–Crippen LogP) is -1.36. The Kier molecular flexibility index (Phi) is 2.57. The van der Waals surface area contributed by atoms with Crippen LogP contribution >= 0.6 is 0 Å². The molecule has 56 valence electrons. The van der Waals surface area contributed by atoms with Crippen molar-refractivity contribution in [3.05, 3.63) is 0 Å². The molecule has 0 unspecified atom stereocenters. The first kappa shape index (κ1) is 8.84. The summed E-state index contributed by atoms with van der Waals surface area (Å²) in [4.78, 5) is 3.49. The minimum absolute atomic E-state index is 0.833. The lowest BCUT2D eigenvalue weighted by Gasteiger charge is -2.37. The van der Waals surface area contributed by atoms with E-state index < -0.39 is 5.91 Å². The number of nitrogens with zero attached hydrogens (tertiary/aromatic N) is 2. The zero-order valence-corrected chi connectivity index (χ0v) is 6.55. The second-order valence-electron chi connectivity index (χ2n) is 2.57. The van der Waals surface area contributed by atoms with Crippen LogP contribution in [0.3, 0.4) is 0 Å². The molecule has 0 atom stereocenters. The Labute approximate surface area is 56.4 Å². The van der Waals surface area contributed by atoms with Crippen molar-refractivity contribution >= 4 is 0 Å². The van der Waals surface area contributed by atoms with E-state index in [0.717, 1.165) is 0 Å². The molecule has 4 N–H and O–H groups in total. The summed E-state index contributed by atoms with van der Waals surface area (Å²) in [7, 11) is 7.33. The molecule has 0 aromatic heterocycles. The minimum Gasteiger partial charge on any atom is -0.288 e. The highest BCUT2D eigenvalue weighted by Crippen LogP contribution is 1.96. The van der Waals surface area contributed by atoms with Gasteiger partial charge in [0.05, 0.1) is 0 Å². The van der Waals surface area contributed by atoms with Gasteiger partial charge in [-0.3, -0.25) is 21.3 Å². The van der Waals surface area contributed by atoms with Crippen molar-refractivity contribution in [2.75, 3.05) is 28.2 Å². The van der Waals surface area contributed by atoms with Gasteiger partial charge in [-0.1, -0.05) is 0 Å². The van der Waals surface area contributed by atoms with Gasteiger partial charge in [-0.15, -0.1) is 0 Å². The second kappa shape index (κ2) is 2.62. The fraction of sp³-hybridized carbons (Fsp3) is 1.00. The lowest BCUT2D eigenvalue weighted by Crippen LogP contribution is -2.68. The lowest BCUT2D eigenvalue weighted by atomic mass is 10.5.